The maximum atomic E-state index is 12.8. The molecule has 2 aromatic heterocycles. The Morgan fingerprint density at radius 2 is 1.93 bits per heavy atom. The molecule has 7 nitrogen and oxygen atoms in total. The highest BCUT2D eigenvalue weighted by Crippen LogP contribution is 2.31. The molecule has 0 unspecified atom stereocenters. The summed E-state index contributed by atoms with van der Waals surface area (Å²) in [6.45, 7) is 1.07. The number of pyridine rings is 1. The number of benzene rings is 1. The minimum Gasteiger partial charge on any atom is -0.408 e. The summed E-state index contributed by atoms with van der Waals surface area (Å²) in [5.74, 6) is -0.564. The van der Waals surface area contributed by atoms with Gasteiger partial charge in [0.2, 0.25) is 0 Å². The standard InChI is InChI=1S/C19H20F3N3O4S/c1-30(27,28)11-9-23-8-3-10-25-17-14(4-2-5-16(17)29-18(25)26)15-7-6-13(12-24-15)19(20,21)22/h2,4-7,12,23H,3,8-11H2,1H3. The van der Waals surface area contributed by atoms with E-state index in [2.05, 4.69) is 10.3 Å². The van der Waals surface area contributed by atoms with E-state index in [1.807, 2.05) is 0 Å². The average Bonchev–Trinajstić information content (AvgIpc) is 2.98. The summed E-state index contributed by atoms with van der Waals surface area (Å²) < 4.78 is 67.3. The van der Waals surface area contributed by atoms with Crippen molar-refractivity contribution in [3.63, 3.8) is 0 Å². The second-order valence-corrected chi connectivity index (χ2v) is 9.09. The predicted octanol–water partition coefficient (Wildman–Crippen LogP) is 2.70. The van der Waals surface area contributed by atoms with E-state index in [9.17, 15) is 26.4 Å². The van der Waals surface area contributed by atoms with Crippen molar-refractivity contribution >= 4 is 20.9 Å². The van der Waals surface area contributed by atoms with Crippen molar-refractivity contribution < 1.29 is 26.0 Å². The summed E-state index contributed by atoms with van der Waals surface area (Å²) >= 11 is 0. The third-order valence-corrected chi connectivity index (χ3v) is 5.38. The Kier molecular flexibility index (Phi) is 6.32. The monoisotopic (exact) mass is 443 g/mol. The van der Waals surface area contributed by atoms with E-state index in [4.69, 9.17) is 4.42 Å². The summed E-state index contributed by atoms with van der Waals surface area (Å²) in [6, 6.07) is 7.09. The summed E-state index contributed by atoms with van der Waals surface area (Å²) in [5.41, 5.74) is 0.671. The fourth-order valence-corrected chi connectivity index (χ4v) is 3.51. The van der Waals surface area contributed by atoms with Crippen LogP contribution in [0, 0.1) is 0 Å². The fraction of sp³-hybridized carbons (Fsp3) is 0.368. The number of rotatable bonds is 8. The smallest absolute Gasteiger partial charge is 0.408 e. The van der Waals surface area contributed by atoms with E-state index in [-0.39, 0.29) is 18.0 Å². The van der Waals surface area contributed by atoms with E-state index in [1.54, 1.807) is 18.2 Å². The Morgan fingerprint density at radius 3 is 2.57 bits per heavy atom. The number of nitrogens with zero attached hydrogens (tertiary/aromatic N) is 2. The van der Waals surface area contributed by atoms with Crippen molar-refractivity contribution in [1.29, 1.82) is 0 Å². The summed E-state index contributed by atoms with van der Waals surface area (Å²) in [4.78, 5) is 16.2. The molecule has 0 spiro atoms. The van der Waals surface area contributed by atoms with Crippen LogP contribution in [0.25, 0.3) is 22.4 Å². The molecule has 0 saturated heterocycles. The first-order valence-electron chi connectivity index (χ1n) is 9.11. The summed E-state index contributed by atoms with van der Waals surface area (Å²) in [7, 11) is -3.05. The van der Waals surface area contributed by atoms with Gasteiger partial charge in [-0.1, -0.05) is 12.1 Å². The topological polar surface area (TPSA) is 94.2 Å². The fourth-order valence-electron chi connectivity index (χ4n) is 3.00. The highest BCUT2D eigenvalue weighted by Gasteiger charge is 2.30. The van der Waals surface area contributed by atoms with Gasteiger partial charge in [-0.3, -0.25) is 9.55 Å². The van der Waals surface area contributed by atoms with Gasteiger partial charge in [0.1, 0.15) is 9.84 Å². The molecular formula is C19H20F3N3O4S. The van der Waals surface area contributed by atoms with Crippen LogP contribution < -0.4 is 11.1 Å². The lowest BCUT2D eigenvalue weighted by atomic mass is 10.1. The van der Waals surface area contributed by atoms with E-state index in [0.29, 0.717) is 36.2 Å². The van der Waals surface area contributed by atoms with Crippen LogP contribution in [-0.4, -0.2) is 43.1 Å². The number of aromatic nitrogens is 2. The lowest BCUT2D eigenvalue weighted by Gasteiger charge is -2.09. The molecule has 0 fully saturated rings. The Labute approximate surface area is 170 Å². The number of halogens is 3. The normalized spacial score (nSPS) is 12.5. The molecule has 0 atom stereocenters. The molecule has 1 aromatic carbocycles. The number of alkyl halides is 3. The van der Waals surface area contributed by atoms with Crippen molar-refractivity contribution in [2.45, 2.75) is 19.1 Å². The molecule has 1 N–H and O–H groups in total. The minimum atomic E-state index is -4.49. The molecular weight excluding hydrogens is 423 g/mol. The Hall–Kier alpha value is -2.66. The quantitative estimate of drug-likeness (QED) is 0.538. The van der Waals surface area contributed by atoms with Gasteiger partial charge in [0.25, 0.3) is 0 Å². The number of oxazole rings is 1. The van der Waals surface area contributed by atoms with Crippen LogP contribution >= 0.6 is 0 Å². The number of aryl methyl sites for hydroxylation is 1. The lowest BCUT2D eigenvalue weighted by Crippen LogP contribution is -2.25. The number of fused-ring (bicyclic) bond motifs is 1. The highest BCUT2D eigenvalue weighted by atomic mass is 32.2. The van der Waals surface area contributed by atoms with Gasteiger partial charge in [0.15, 0.2) is 5.58 Å². The van der Waals surface area contributed by atoms with Crippen molar-refractivity contribution in [2.75, 3.05) is 25.1 Å². The van der Waals surface area contributed by atoms with Crippen LogP contribution in [0.1, 0.15) is 12.0 Å². The summed E-state index contributed by atoms with van der Waals surface area (Å²) in [5, 5.41) is 2.99. The predicted molar refractivity (Wildman–Crippen MR) is 106 cm³/mol. The first-order valence-corrected chi connectivity index (χ1v) is 11.2. The van der Waals surface area contributed by atoms with Gasteiger partial charge < -0.3 is 9.73 Å². The van der Waals surface area contributed by atoms with Crippen LogP contribution in [0.15, 0.2) is 45.7 Å². The second-order valence-electron chi connectivity index (χ2n) is 6.84. The maximum Gasteiger partial charge on any atom is 0.419 e. The molecule has 0 radical (unpaired) electrons. The van der Waals surface area contributed by atoms with Crippen LogP contribution in [-0.2, 0) is 22.6 Å². The van der Waals surface area contributed by atoms with Gasteiger partial charge in [0, 0.05) is 31.1 Å². The number of sulfone groups is 1. The first-order chi connectivity index (χ1) is 14.1. The van der Waals surface area contributed by atoms with E-state index in [0.717, 1.165) is 18.5 Å². The van der Waals surface area contributed by atoms with Crippen molar-refractivity contribution in [2.24, 2.45) is 0 Å². The average molecular weight is 443 g/mol. The van der Waals surface area contributed by atoms with Crippen molar-refractivity contribution in [3.8, 4) is 11.3 Å². The minimum absolute atomic E-state index is 0.0192. The number of nitrogens with one attached hydrogen (secondary N) is 1. The van der Waals surface area contributed by atoms with Gasteiger partial charge in [-0.2, -0.15) is 13.2 Å². The van der Waals surface area contributed by atoms with Gasteiger partial charge in [-0.15, -0.1) is 0 Å². The molecule has 3 aromatic rings. The molecule has 11 heteroatoms. The number of hydrogen-bond acceptors (Lipinski definition) is 6. The third kappa shape index (κ3) is 5.28. The molecule has 0 aliphatic rings. The zero-order chi connectivity index (χ0) is 21.9. The zero-order valence-electron chi connectivity index (χ0n) is 16.1. The molecule has 0 saturated carbocycles. The van der Waals surface area contributed by atoms with Gasteiger partial charge in [-0.25, -0.2) is 13.2 Å². The van der Waals surface area contributed by atoms with Crippen LogP contribution in [0.5, 0.6) is 0 Å². The molecule has 3 rings (SSSR count). The first kappa shape index (κ1) is 22.0. The van der Waals surface area contributed by atoms with Crippen LogP contribution in [0.2, 0.25) is 0 Å². The van der Waals surface area contributed by atoms with Crippen LogP contribution in [0.3, 0.4) is 0 Å². The number of hydrogen-bond donors (Lipinski definition) is 1. The Bertz CT molecular complexity index is 1180. The molecule has 0 aliphatic carbocycles. The zero-order valence-corrected chi connectivity index (χ0v) is 16.9. The summed E-state index contributed by atoms with van der Waals surface area (Å²) in [6.07, 6.45) is -2.06. The second kappa shape index (κ2) is 8.60. The molecule has 0 amide bonds. The lowest BCUT2D eigenvalue weighted by molar-refractivity contribution is -0.137. The van der Waals surface area contributed by atoms with Gasteiger partial charge in [-0.05, 0) is 31.2 Å². The Morgan fingerprint density at radius 1 is 1.17 bits per heavy atom. The molecule has 0 bridgehead atoms. The molecule has 30 heavy (non-hydrogen) atoms. The molecule has 162 valence electrons. The highest BCUT2D eigenvalue weighted by molar-refractivity contribution is 7.90. The molecule has 2 heterocycles. The van der Waals surface area contributed by atoms with Crippen LogP contribution in [0.4, 0.5) is 13.2 Å². The number of para-hydroxylation sites is 1. The van der Waals surface area contributed by atoms with Crippen molar-refractivity contribution in [1.82, 2.24) is 14.9 Å². The van der Waals surface area contributed by atoms with Gasteiger partial charge >= 0.3 is 11.9 Å². The Balaban J connectivity index is 1.81. The van der Waals surface area contributed by atoms with Gasteiger partial charge in [0.05, 0.1) is 22.5 Å². The van der Waals surface area contributed by atoms with Crippen molar-refractivity contribution in [3.05, 3.63) is 52.6 Å². The van der Waals surface area contributed by atoms with E-state index in [1.165, 1.54) is 10.6 Å². The largest absolute Gasteiger partial charge is 0.419 e. The molecule has 0 aliphatic heterocycles. The third-order valence-electron chi connectivity index (χ3n) is 4.44. The van der Waals surface area contributed by atoms with E-state index < -0.39 is 27.3 Å². The van der Waals surface area contributed by atoms with E-state index >= 15 is 0 Å². The maximum absolute atomic E-state index is 12.8. The SMILES string of the molecule is CS(=O)(=O)CCNCCCn1c(=O)oc2cccc(-c3ccc(C(F)(F)F)cn3)c21.